The van der Waals surface area contributed by atoms with Crippen LogP contribution < -0.4 is 0 Å². The molecular weight excluding hydrogens is 196 g/mol. The summed E-state index contributed by atoms with van der Waals surface area (Å²) in [6.45, 7) is 8.96. The molecule has 3 unspecified atom stereocenters. The van der Waals surface area contributed by atoms with E-state index in [2.05, 4.69) is 27.7 Å². The van der Waals surface area contributed by atoms with Crippen LogP contribution in [-0.2, 0) is 0 Å². The third-order valence-corrected chi connectivity index (χ3v) is 4.59. The quantitative estimate of drug-likeness (QED) is 0.689. The normalized spacial score (nSPS) is 35.6. The lowest BCUT2D eigenvalue weighted by atomic mass is 9.67. The molecule has 0 heterocycles. The minimum atomic E-state index is -0.390. The van der Waals surface area contributed by atoms with E-state index in [1.54, 1.807) is 0 Å². The van der Waals surface area contributed by atoms with Crippen molar-refractivity contribution in [3.63, 3.8) is 0 Å². The van der Waals surface area contributed by atoms with Gasteiger partial charge in [-0.15, -0.1) is 0 Å². The van der Waals surface area contributed by atoms with Gasteiger partial charge in [0.25, 0.3) is 0 Å². The molecule has 0 amide bonds. The second-order valence-electron chi connectivity index (χ2n) is 6.33. The van der Waals surface area contributed by atoms with Crippen LogP contribution in [0.15, 0.2) is 0 Å². The molecule has 0 aromatic heterocycles. The maximum Gasteiger partial charge on any atom is 0.0648 e. The molecule has 1 fully saturated rings. The van der Waals surface area contributed by atoms with Crippen molar-refractivity contribution < 1.29 is 5.11 Å². The first kappa shape index (κ1) is 14.0. The van der Waals surface area contributed by atoms with Crippen molar-refractivity contribution >= 4 is 0 Å². The number of hydrogen-bond donors (Lipinski definition) is 1. The molecule has 16 heavy (non-hydrogen) atoms. The SMILES string of the molecule is CCCCCC1CC(C(C)C)CCC1(C)O. The maximum absolute atomic E-state index is 10.4. The molecule has 0 spiro atoms. The molecular formula is C15H30O. The fraction of sp³-hybridized carbons (Fsp3) is 1.00. The zero-order chi connectivity index (χ0) is 12.2. The van der Waals surface area contributed by atoms with Gasteiger partial charge in [0.05, 0.1) is 5.60 Å². The van der Waals surface area contributed by atoms with Crippen molar-refractivity contribution in [3.05, 3.63) is 0 Å². The Bertz CT molecular complexity index is 196. The summed E-state index contributed by atoms with van der Waals surface area (Å²) in [6, 6.07) is 0. The van der Waals surface area contributed by atoms with Gasteiger partial charge in [-0.3, -0.25) is 0 Å². The fourth-order valence-corrected chi connectivity index (χ4v) is 3.09. The van der Waals surface area contributed by atoms with Gasteiger partial charge in [-0.1, -0.05) is 40.0 Å². The third kappa shape index (κ3) is 3.76. The van der Waals surface area contributed by atoms with E-state index in [0.717, 1.165) is 18.3 Å². The first-order valence-corrected chi connectivity index (χ1v) is 7.19. The lowest BCUT2D eigenvalue weighted by Gasteiger charge is -2.42. The molecule has 1 aliphatic rings. The topological polar surface area (TPSA) is 20.2 Å². The monoisotopic (exact) mass is 226 g/mol. The van der Waals surface area contributed by atoms with Crippen molar-refractivity contribution in [3.8, 4) is 0 Å². The second kappa shape index (κ2) is 6.05. The van der Waals surface area contributed by atoms with E-state index in [-0.39, 0.29) is 5.60 Å². The molecule has 1 aliphatic carbocycles. The van der Waals surface area contributed by atoms with E-state index in [0.29, 0.717) is 5.92 Å². The Balaban J connectivity index is 2.48. The van der Waals surface area contributed by atoms with Crippen LogP contribution in [0.1, 0.15) is 72.6 Å². The summed E-state index contributed by atoms with van der Waals surface area (Å²) >= 11 is 0. The summed E-state index contributed by atoms with van der Waals surface area (Å²) < 4.78 is 0. The van der Waals surface area contributed by atoms with Gasteiger partial charge >= 0.3 is 0 Å². The van der Waals surface area contributed by atoms with Gasteiger partial charge in [-0.05, 0) is 50.4 Å². The molecule has 1 saturated carbocycles. The highest BCUT2D eigenvalue weighted by Gasteiger charge is 2.38. The minimum Gasteiger partial charge on any atom is -0.390 e. The molecule has 3 atom stereocenters. The van der Waals surface area contributed by atoms with Crippen LogP contribution in [0.5, 0.6) is 0 Å². The summed E-state index contributed by atoms with van der Waals surface area (Å²) in [7, 11) is 0. The van der Waals surface area contributed by atoms with E-state index >= 15 is 0 Å². The fourth-order valence-electron chi connectivity index (χ4n) is 3.09. The predicted octanol–water partition coefficient (Wildman–Crippen LogP) is 4.39. The molecule has 0 aliphatic heterocycles. The Morgan fingerprint density at radius 2 is 2.00 bits per heavy atom. The number of hydrogen-bond acceptors (Lipinski definition) is 1. The van der Waals surface area contributed by atoms with Crippen molar-refractivity contribution in [1.82, 2.24) is 0 Å². The minimum absolute atomic E-state index is 0.390. The summed E-state index contributed by atoms with van der Waals surface area (Å²) in [5, 5.41) is 10.4. The number of aliphatic hydroxyl groups is 1. The van der Waals surface area contributed by atoms with E-state index in [4.69, 9.17) is 0 Å². The molecule has 1 nitrogen and oxygen atoms in total. The number of unbranched alkanes of at least 4 members (excludes halogenated alkanes) is 2. The molecule has 1 rings (SSSR count). The lowest BCUT2D eigenvalue weighted by Crippen LogP contribution is -2.41. The standard InChI is InChI=1S/C15H30O/c1-5-6-7-8-14-11-13(12(2)3)9-10-15(14,4)16/h12-14,16H,5-11H2,1-4H3. The summed E-state index contributed by atoms with van der Waals surface area (Å²) in [6.07, 6.45) is 8.59. The number of rotatable bonds is 5. The van der Waals surface area contributed by atoms with E-state index < -0.39 is 0 Å². The van der Waals surface area contributed by atoms with Crippen LogP contribution in [0.4, 0.5) is 0 Å². The molecule has 0 bridgehead atoms. The molecule has 1 N–H and O–H groups in total. The third-order valence-electron chi connectivity index (χ3n) is 4.59. The van der Waals surface area contributed by atoms with Crippen molar-refractivity contribution in [1.29, 1.82) is 0 Å². The highest BCUT2D eigenvalue weighted by Crippen LogP contribution is 2.42. The Hall–Kier alpha value is -0.0400. The second-order valence-corrected chi connectivity index (χ2v) is 6.33. The van der Waals surface area contributed by atoms with Crippen LogP contribution in [0.25, 0.3) is 0 Å². The van der Waals surface area contributed by atoms with Gasteiger partial charge in [-0.2, -0.15) is 0 Å². The lowest BCUT2D eigenvalue weighted by molar-refractivity contribution is -0.0561. The zero-order valence-corrected chi connectivity index (χ0v) is 11.6. The summed E-state index contributed by atoms with van der Waals surface area (Å²) in [5.41, 5.74) is -0.390. The molecule has 96 valence electrons. The first-order chi connectivity index (χ1) is 7.47. The predicted molar refractivity (Wildman–Crippen MR) is 70.4 cm³/mol. The smallest absolute Gasteiger partial charge is 0.0648 e. The van der Waals surface area contributed by atoms with E-state index in [1.165, 1.54) is 38.5 Å². The highest BCUT2D eigenvalue weighted by atomic mass is 16.3. The van der Waals surface area contributed by atoms with Gasteiger partial charge in [0.15, 0.2) is 0 Å². The van der Waals surface area contributed by atoms with Crippen LogP contribution in [0, 0.1) is 17.8 Å². The summed E-state index contributed by atoms with van der Waals surface area (Å²) in [5.74, 6) is 2.16. The van der Waals surface area contributed by atoms with Crippen LogP contribution in [0.2, 0.25) is 0 Å². The van der Waals surface area contributed by atoms with Gasteiger partial charge in [0, 0.05) is 0 Å². The molecule has 1 heteroatoms. The van der Waals surface area contributed by atoms with E-state index in [1.807, 2.05) is 0 Å². The van der Waals surface area contributed by atoms with Crippen LogP contribution >= 0.6 is 0 Å². The Labute approximate surface area is 102 Å². The van der Waals surface area contributed by atoms with Gasteiger partial charge < -0.3 is 5.11 Å². The van der Waals surface area contributed by atoms with Crippen molar-refractivity contribution in [2.45, 2.75) is 78.2 Å². The zero-order valence-electron chi connectivity index (χ0n) is 11.6. The first-order valence-electron chi connectivity index (χ1n) is 7.19. The Kier molecular flexibility index (Phi) is 5.30. The maximum atomic E-state index is 10.4. The van der Waals surface area contributed by atoms with Gasteiger partial charge in [0.1, 0.15) is 0 Å². The molecule has 0 saturated heterocycles. The molecule has 0 aromatic carbocycles. The highest BCUT2D eigenvalue weighted by molar-refractivity contribution is 4.89. The average molecular weight is 226 g/mol. The van der Waals surface area contributed by atoms with Crippen LogP contribution in [-0.4, -0.2) is 10.7 Å². The van der Waals surface area contributed by atoms with Crippen molar-refractivity contribution in [2.24, 2.45) is 17.8 Å². The molecule has 0 aromatic rings. The van der Waals surface area contributed by atoms with Crippen LogP contribution in [0.3, 0.4) is 0 Å². The Morgan fingerprint density at radius 3 is 2.56 bits per heavy atom. The van der Waals surface area contributed by atoms with Gasteiger partial charge in [-0.25, -0.2) is 0 Å². The summed E-state index contributed by atoms with van der Waals surface area (Å²) in [4.78, 5) is 0. The Morgan fingerprint density at radius 1 is 1.31 bits per heavy atom. The van der Waals surface area contributed by atoms with Gasteiger partial charge in [0.2, 0.25) is 0 Å². The molecule has 0 radical (unpaired) electrons. The largest absolute Gasteiger partial charge is 0.390 e. The average Bonchev–Trinajstić information content (AvgIpc) is 2.20. The van der Waals surface area contributed by atoms with Crippen molar-refractivity contribution in [2.75, 3.05) is 0 Å². The van der Waals surface area contributed by atoms with E-state index in [9.17, 15) is 5.11 Å².